The Morgan fingerprint density at radius 3 is 2.53 bits per heavy atom. The van der Waals surface area contributed by atoms with Crippen LogP contribution >= 0.6 is 23.4 Å². The van der Waals surface area contributed by atoms with Gasteiger partial charge in [-0.1, -0.05) is 23.7 Å². The van der Waals surface area contributed by atoms with Crippen molar-refractivity contribution in [3.63, 3.8) is 0 Å². The van der Waals surface area contributed by atoms with Gasteiger partial charge in [-0.25, -0.2) is 4.39 Å². The standard InChI is InChI=1S/C15H14ClFOS/c1-10(18)14-8-13(17)6-7-15(14)19-9-11-2-4-12(16)5-3-11/h2-8,10,18H,9H2,1H3/t10-/m0/s1. The zero-order chi connectivity index (χ0) is 13.8. The minimum atomic E-state index is -0.677. The van der Waals surface area contributed by atoms with Crippen LogP contribution in [0.25, 0.3) is 0 Å². The zero-order valence-corrected chi connectivity index (χ0v) is 12.0. The van der Waals surface area contributed by atoms with Crippen LogP contribution in [0.5, 0.6) is 0 Å². The van der Waals surface area contributed by atoms with Gasteiger partial charge in [0.25, 0.3) is 0 Å². The van der Waals surface area contributed by atoms with Crippen LogP contribution in [-0.2, 0) is 5.75 Å². The Morgan fingerprint density at radius 2 is 1.89 bits per heavy atom. The van der Waals surface area contributed by atoms with Crippen molar-refractivity contribution in [1.29, 1.82) is 0 Å². The minimum absolute atomic E-state index is 0.327. The van der Waals surface area contributed by atoms with E-state index < -0.39 is 6.10 Å². The van der Waals surface area contributed by atoms with Crippen LogP contribution in [0.4, 0.5) is 4.39 Å². The SMILES string of the molecule is C[C@H](O)c1cc(F)ccc1SCc1ccc(Cl)cc1. The molecule has 2 aromatic rings. The number of aliphatic hydroxyl groups is 1. The zero-order valence-electron chi connectivity index (χ0n) is 10.4. The molecule has 0 aliphatic heterocycles. The van der Waals surface area contributed by atoms with Gasteiger partial charge >= 0.3 is 0 Å². The number of hydrogen-bond donors (Lipinski definition) is 1. The van der Waals surface area contributed by atoms with E-state index in [9.17, 15) is 9.50 Å². The quantitative estimate of drug-likeness (QED) is 0.816. The molecule has 2 aromatic carbocycles. The first-order valence-corrected chi connectivity index (χ1v) is 7.27. The summed E-state index contributed by atoms with van der Waals surface area (Å²) in [6.07, 6.45) is -0.677. The number of hydrogen-bond acceptors (Lipinski definition) is 2. The molecule has 0 aliphatic carbocycles. The van der Waals surface area contributed by atoms with Gasteiger partial charge in [-0.3, -0.25) is 0 Å². The van der Waals surface area contributed by atoms with Crippen molar-refractivity contribution in [2.45, 2.75) is 23.7 Å². The molecule has 0 heterocycles. The van der Waals surface area contributed by atoms with E-state index in [4.69, 9.17) is 11.6 Å². The van der Waals surface area contributed by atoms with Crippen LogP contribution in [0, 0.1) is 5.82 Å². The average Bonchev–Trinajstić information content (AvgIpc) is 2.39. The lowest BCUT2D eigenvalue weighted by atomic mass is 10.1. The Kier molecular flexibility index (Phi) is 4.86. The highest BCUT2D eigenvalue weighted by Crippen LogP contribution is 2.30. The lowest BCUT2D eigenvalue weighted by Crippen LogP contribution is -1.95. The summed E-state index contributed by atoms with van der Waals surface area (Å²) in [6.45, 7) is 1.64. The van der Waals surface area contributed by atoms with Gasteiger partial charge in [0.15, 0.2) is 0 Å². The Morgan fingerprint density at radius 1 is 1.21 bits per heavy atom. The van der Waals surface area contributed by atoms with Gasteiger partial charge in [0.1, 0.15) is 5.82 Å². The summed E-state index contributed by atoms with van der Waals surface area (Å²) in [7, 11) is 0. The average molecular weight is 297 g/mol. The van der Waals surface area contributed by atoms with E-state index in [1.54, 1.807) is 24.8 Å². The topological polar surface area (TPSA) is 20.2 Å². The van der Waals surface area contributed by atoms with Crippen molar-refractivity contribution in [1.82, 2.24) is 0 Å². The van der Waals surface area contributed by atoms with Crippen LogP contribution < -0.4 is 0 Å². The second-order valence-electron chi connectivity index (χ2n) is 4.27. The molecular formula is C15H14ClFOS. The van der Waals surface area contributed by atoms with Crippen LogP contribution in [0.3, 0.4) is 0 Å². The first kappa shape index (κ1) is 14.4. The fraction of sp³-hybridized carbons (Fsp3) is 0.200. The Balaban J connectivity index is 2.13. The number of thioether (sulfide) groups is 1. The van der Waals surface area contributed by atoms with E-state index in [2.05, 4.69) is 0 Å². The van der Waals surface area contributed by atoms with Crippen molar-refractivity contribution in [2.24, 2.45) is 0 Å². The van der Waals surface area contributed by atoms with Gasteiger partial charge in [0, 0.05) is 15.7 Å². The van der Waals surface area contributed by atoms with Crippen molar-refractivity contribution >= 4 is 23.4 Å². The third-order valence-electron chi connectivity index (χ3n) is 2.73. The summed E-state index contributed by atoms with van der Waals surface area (Å²) in [6, 6.07) is 12.1. The highest BCUT2D eigenvalue weighted by molar-refractivity contribution is 7.98. The van der Waals surface area contributed by atoms with E-state index in [1.165, 1.54) is 12.1 Å². The van der Waals surface area contributed by atoms with Gasteiger partial charge in [-0.05, 0) is 48.4 Å². The number of rotatable bonds is 4. The van der Waals surface area contributed by atoms with E-state index in [-0.39, 0.29) is 5.82 Å². The van der Waals surface area contributed by atoms with Crippen LogP contribution in [-0.4, -0.2) is 5.11 Å². The van der Waals surface area contributed by atoms with Gasteiger partial charge in [0.2, 0.25) is 0 Å². The Hall–Kier alpha value is -1.03. The molecule has 100 valence electrons. The molecule has 1 atom stereocenters. The molecule has 0 unspecified atom stereocenters. The number of halogens is 2. The maximum Gasteiger partial charge on any atom is 0.123 e. The van der Waals surface area contributed by atoms with E-state index in [1.807, 2.05) is 24.3 Å². The van der Waals surface area contributed by atoms with Crippen molar-refractivity contribution in [3.05, 3.63) is 64.4 Å². The summed E-state index contributed by atoms with van der Waals surface area (Å²) < 4.78 is 13.2. The molecule has 1 nitrogen and oxygen atoms in total. The highest BCUT2D eigenvalue weighted by atomic mass is 35.5. The molecule has 0 saturated heterocycles. The molecule has 4 heteroatoms. The third kappa shape index (κ3) is 3.96. The molecule has 0 bridgehead atoms. The minimum Gasteiger partial charge on any atom is -0.389 e. The Labute approximate surface area is 121 Å². The first-order valence-electron chi connectivity index (χ1n) is 5.91. The molecule has 0 spiro atoms. The monoisotopic (exact) mass is 296 g/mol. The second-order valence-corrected chi connectivity index (χ2v) is 5.73. The first-order chi connectivity index (χ1) is 9.06. The molecule has 0 saturated carbocycles. The summed E-state index contributed by atoms with van der Waals surface area (Å²) in [5.41, 5.74) is 1.76. The third-order valence-corrected chi connectivity index (χ3v) is 4.14. The summed E-state index contributed by atoms with van der Waals surface area (Å²) in [5.74, 6) is 0.425. The van der Waals surface area contributed by atoms with Gasteiger partial charge < -0.3 is 5.11 Å². The number of benzene rings is 2. The predicted octanol–water partition coefficient (Wildman–Crippen LogP) is 4.82. The van der Waals surface area contributed by atoms with Crippen molar-refractivity contribution < 1.29 is 9.50 Å². The van der Waals surface area contributed by atoms with Crippen LogP contribution in [0.2, 0.25) is 5.02 Å². The molecule has 0 amide bonds. The normalized spacial score (nSPS) is 12.4. The van der Waals surface area contributed by atoms with E-state index >= 15 is 0 Å². The maximum absolute atomic E-state index is 13.2. The fourth-order valence-corrected chi connectivity index (χ4v) is 2.92. The molecule has 2 rings (SSSR count). The lowest BCUT2D eigenvalue weighted by molar-refractivity contribution is 0.196. The summed E-state index contributed by atoms with van der Waals surface area (Å²) in [4.78, 5) is 0.895. The molecule has 19 heavy (non-hydrogen) atoms. The van der Waals surface area contributed by atoms with Crippen LogP contribution in [0.1, 0.15) is 24.2 Å². The number of aliphatic hydroxyl groups excluding tert-OH is 1. The van der Waals surface area contributed by atoms with Gasteiger partial charge in [-0.2, -0.15) is 0 Å². The Bertz CT molecular complexity index is 555. The predicted molar refractivity (Wildman–Crippen MR) is 78.0 cm³/mol. The van der Waals surface area contributed by atoms with E-state index in [0.29, 0.717) is 10.6 Å². The molecular weight excluding hydrogens is 283 g/mol. The van der Waals surface area contributed by atoms with E-state index in [0.717, 1.165) is 16.2 Å². The molecule has 0 fully saturated rings. The van der Waals surface area contributed by atoms with Crippen molar-refractivity contribution in [2.75, 3.05) is 0 Å². The fourth-order valence-electron chi connectivity index (χ4n) is 1.72. The molecule has 0 radical (unpaired) electrons. The molecule has 0 aliphatic rings. The van der Waals surface area contributed by atoms with Crippen molar-refractivity contribution in [3.8, 4) is 0 Å². The highest BCUT2D eigenvalue weighted by Gasteiger charge is 2.10. The van der Waals surface area contributed by atoms with Gasteiger partial charge in [0.05, 0.1) is 6.10 Å². The second kappa shape index (κ2) is 6.42. The molecule has 0 aromatic heterocycles. The smallest absolute Gasteiger partial charge is 0.123 e. The summed E-state index contributed by atoms with van der Waals surface area (Å²) >= 11 is 7.40. The largest absolute Gasteiger partial charge is 0.389 e. The molecule has 1 N–H and O–H groups in total. The maximum atomic E-state index is 13.2. The lowest BCUT2D eigenvalue weighted by Gasteiger charge is -2.11. The van der Waals surface area contributed by atoms with Gasteiger partial charge in [-0.15, -0.1) is 11.8 Å². The summed E-state index contributed by atoms with van der Waals surface area (Å²) in [5, 5.41) is 10.4. The van der Waals surface area contributed by atoms with Crippen LogP contribution in [0.15, 0.2) is 47.4 Å².